The van der Waals surface area contributed by atoms with Crippen LogP contribution >= 0.6 is 0 Å². The van der Waals surface area contributed by atoms with Gasteiger partial charge in [0.05, 0.1) is 0 Å². The zero-order valence-corrected chi connectivity index (χ0v) is 12.8. The van der Waals surface area contributed by atoms with Crippen LogP contribution in [0.1, 0.15) is 52.9 Å². The summed E-state index contributed by atoms with van der Waals surface area (Å²) in [6, 6.07) is 0.226. The Morgan fingerprint density at radius 1 is 1.20 bits per heavy atom. The standard InChI is InChI=1S/C15H26N2O3/c1-15(2,3)17(10-13(18)19)14(20)16-9-8-11-6-4-5-7-12(11)16/h11-12H,4-10H2,1-3H3,(H,18,19). The average molecular weight is 282 g/mol. The molecule has 1 aliphatic carbocycles. The molecule has 2 fully saturated rings. The lowest BCUT2D eigenvalue weighted by molar-refractivity contribution is -0.138. The molecule has 2 amide bonds. The Labute approximate surface area is 120 Å². The van der Waals surface area contributed by atoms with Crippen LogP contribution in [0, 0.1) is 5.92 Å². The SMILES string of the molecule is CC(C)(C)N(CC(=O)O)C(=O)N1CCC2CCCCC21. The van der Waals surface area contributed by atoms with Gasteiger partial charge < -0.3 is 14.9 Å². The summed E-state index contributed by atoms with van der Waals surface area (Å²) in [5, 5.41) is 9.06. The van der Waals surface area contributed by atoms with Crippen LogP contribution in [-0.2, 0) is 4.79 Å². The number of amides is 2. The van der Waals surface area contributed by atoms with E-state index in [-0.39, 0.29) is 12.6 Å². The van der Waals surface area contributed by atoms with Crippen LogP contribution in [0.15, 0.2) is 0 Å². The number of carbonyl (C=O) groups is 2. The normalized spacial score (nSPS) is 26.2. The second-order valence-corrected chi connectivity index (χ2v) is 7.03. The summed E-state index contributed by atoms with van der Waals surface area (Å²) in [5.41, 5.74) is -0.470. The maximum atomic E-state index is 12.8. The van der Waals surface area contributed by atoms with Gasteiger partial charge in [0.2, 0.25) is 0 Å². The van der Waals surface area contributed by atoms with Gasteiger partial charge in [-0.1, -0.05) is 12.8 Å². The van der Waals surface area contributed by atoms with Crippen molar-refractivity contribution in [3.05, 3.63) is 0 Å². The van der Waals surface area contributed by atoms with E-state index in [2.05, 4.69) is 0 Å². The molecule has 1 saturated carbocycles. The number of likely N-dealkylation sites (tertiary alicyclic amines) is 1. The molecule has 20 heavy (non-hydrogen) atoms. The minimum atomic E-state index is -0.951. The van der Waals surface area contributed by atoms with Gasteiger partial charge in [-0.3, -0.25) is 4.79 Å². The Morgan fingerprint density at radius 2 is 1.85 bits per heavy atom. The summed E-state index contributed by atoms with van der Waals surface area (Å²) >= 11 is 0. The summed E-state index contributed by atoms with van der Waals surface area (Å²) < 4.78 is 0. The molecule has 2 rings (SSSR count). The van der Waals surface area contributed by atoms with Crippen molar-refractivity contribution in [2.24, 2.45) is 5.92 Å². The first-order chi connectivity index (χ1) is 9.30. The molecule has 0 bridgehead atoms. The van der Waals surface area contributed by atoms with E-state index >= 15 is 0 Å². The highest BCUT2D eigenvalue weighted by molar-refractivity contribution is 5.81. The Morgan fingerprint density at radius 3 is 2.45 bits per heavy atom. The van der Waals surface area contributed by atoms with E-state index in [4.69, 9.17) is 5.11 Å². The molecule has 5 heteroatoms. The Bertz CT molecular complexity index is 389. The number of carboxylic acids is 1. The molecule has 2 atom stereocenters. The van der Waals surface area contributed by atoms with Crippen LogP contribution in [0.5, 0.6) is 0 Å². The Hall–Kier alpha value is -1.26. The van der Waals surface area contributed by atoms with E-state index < -0.39 is 11.5 Å². The predicted molar refractivity (Wildman–Crippen MR) is 76.6 cm³/mol. The number of carbonyl (C=O) groups excluding carboxylic acids is 1. The van der Waals surface area contributed by atoms with Gasteiger partial charge in [0, 0.05) is 18.1 Å². The van der Waals surface area contributed by atoms with Crippen LogP contribution < -0.4 is 0 Å². The Kier molecular flexibility index (Phi) is 4.25. The van der Waals surface area contributed by atoms with E-state index in [1.54, 1.807) is 0 Å². The number of rotatable bonds is 2. The van der Waals surface area contributed by atoms with Gasteiger partial charge in [-0.15, -0.1) is 0 Å². The first-order valence-electron chi connectivity index (χ1n) is 7.60. The molecule has 1 heterocycles. The first-order valence-corrected chi connectivity index (χ1v) is 7.60. The second-order valence-electron chi connectivity index (χ2n) is 7.03. The van der Waals surface area contributed by atoms with Crippen molar-refractivity contribution < 1.29 is 14.7 Å². The zero-order chi connectivity index (χ0) is 14.9. The number of urea groups is 1. The van der Waals surface area contributed by atoms with Crippen LogP contribution in [0.25, 0.3) is 0 Å². The lowest BCUT2D eigenvalue weighted by Gasteiger charge is -2.40. The minimum absolute atomic E-state index is 0.102. The molecule has 0 aromatic heterocycles. The van der Waals surface area contributed by atoms with Crippen molar-refractivity contribution in [1.29, 1.82) is 0 Å². The molecule has 114 valence electrons. The fourth-order valence-electron chi connectivity index (χ4n) is 3.53. The summed E-state index contributed by atoms with van der Waals surface area (Å²) in [4.78, 5) is 27.2. The third-order valence-electron chi connectivity index (χ3n) is 4.59. The van der Waals surface area contributed by atoms with E-state index in [0.717, 1.165) is 19.4 Å². The molecule has 2 aliphatic rings. The van der Waals surface area contributed by atoms with Crippen molar-refractivity contribution in [2.75, 3.05) is 13.1 Å². The highest BCUT2D eigenvalue weighted by atomic mass is 16.4. The fourth-order valence-corrected chi connectivity index (χ4v) is 3.53. The number of hydrogen-bond acceptors (Lipinski definition) is 2. The van der Waals surface area contributed by atoms with Gasteiger partial charge in [-0.2, -0.15) is 0 Å². The maximum absolute atomic E-state index is 12.8. The van der Waals surface area contributed by atoms with Gasteiger partial charge in [0.1, 0.15) is 6.54 Å². The molecule has 0 spiro atoms. The molecule has 2 unspecified atom stereocenters. The van der Waals surface area contributed by atoms with Crippen LogP contribution in [-0.4, -0.2) is 51.6 Å². The van der Waals surface area contributed by atoms with Crippen molar-refractivity contribution in [1.82, 2.24) is 9.80 Å². The number of nitrogens with zero attached hydrogens (tertiary/aromatic N) is 2. The van der Waals surface area contributed by atoms with E-state index in [9.17, 15) is 9.59 Å². The number of aliphatic carboxylic acids is 1. The van der Waals surface area contributed by atoms with Crippen LogP contribution in [0.4, 0.5) is 4.79 Å². The van der Waals surface area contributed by atoms with Gasteiger partial charge in [0.25, 0.3) is 0 Å². The van der Waals surface area contributed by atoms with Gasteiger partial charge >= 0.3 is 12.0 Å². The van der Waals surface area contributed by atoms with Crippen molar-refractivity contribution in [2.45, 2.75) is 64.5 Å². The Balaban J connectivity index is 2.13. The molecular formula is C15H26N2O3. The van der Waals surface area contributed by atoms with Crippen molar-refractivity contribution >= 4 is 12.0 Å². The van der Waals surface area contributed by atoms with Gasteiger partial charge in [0.15, 0.2) is 0 Å². The van der Waals surface area contributed by atoms with E-state index in [1.165, 1.54) is 24.2 Å². The molecule has 1 N–H and O–H groups in total. The van der Waals surface area contributed by atoms with E-state index in [0.29, 0.717) is 12.0 Å². The largest absolute Gasteiger partial charge is 0.480 e. The van der Waals surface area contributed by atoms with Crippen LogP contribution in [0.2, 0.25) is 0 Å². The summed E-state index contributed by atoms with van der Waals surface area (Å²) in [5.74, 6) is -0.327. The number of hydrogen-bond donors (Lipinski definition) is 1. The maximum Gasteiger partial charge on any atom is 0.323 e. The summed E-state index contributed by atoms with van der Waals surface area (Å²) in [7, 11) is 0. The highest BCUT2D eigenvalue weighted by Gasteiger charge is 2.42. The topological polar surface area (TPSA) is 60.9 Å². The monoisotopic (exact) mass is 282 g/mol. The second kappa shape index (κ2) is 5.62. The lowest BCUT2D eigenvalue weighted by atomic mass is 9.85. The van der Waals surface area contributed by atoms with Crippen LogP contribution in [0.3, 0.4) is 0 Å². The van der Waals surface area contributed by atoms with Gasteiger partial charge in [-0.25, -0.2) is 4.79 Å². The molecule has 0 aromatic rings. The number of carboxylic acid groups (broad SMARTS) is 1. The van der Waals surface area contributed by atoms with Gasteiger partial charge in [-0.05, 0) is 46.0 Å². The minimum Gasteiger partial charge on any atom is -0.480 e. The third-order valence-corrected chi connectivity index (χ3v) is 4.59. The fraction of sp³-hybridized carbons (Fsp3) is 0.867. The third kappa shape index (κ3) is 3.07. The highest BCUT2D eigenvalue weighted by Crippen LogP contribution is 2.37. The van der Waals surface area contributed by atoms with Crippen molar-refractivity contribution in [3.8, 4) is 0 Å². The first kappa shape index (κ1) is 15.1. The molecule has 0 aromatic carbocycles. The molecule has 5 nitrogen and oxygen atoms in total. The molecule has 1 saturated heterocycles. The summed E-state index contributed by atoms with van der Waals surface area (Å²) in [6.07, 6.45) is 5.80. The zero-order valence-electron chi connectivity index (χ0n) is 12.8. The van der Waals surface area contributed by atoms with Crippen molar-refractivity contribution in [3.63, 3.8) is 0 Å². The smallest absolute Gasteiger partial charge is 0.323 e. The molecule has 0 radical (unpaired) electrons. The number of fused-ring (bicyclic) bond motifs is 1. The quantitative estimate of drug-likeness (QED) is 0.846. The summed E-state index contributed by atoms with van der Waals surface area (Å²) in [6.45, 7) is 6.23. The lowest BCUT2D eigenvalue weighted by Crippen LogP contribution is -2.55. The predicted octanol–water partition coefficient (Wildman–Crippen LogP) is 2.56. The molecular weight excluding hydrogens is 256 g/mol. The molecule has 1 aliphatic heterocycles. The van der Waals surface area contributed by atoms with E-state index in [1.807, 2.05) is 25.7 Å². The average Bonchev–Trinajstić information content (AvgIpc) is 2.77.